The molecule has 0 heterocycles. The Balaban J connectivity index is 1.87. The second kappa shape index (κ2) is 6.00. The first kappa shape index (κ1) is 14.9. The van der Waals surface area contributed by atoms with Gasteiger partial charge in [0.2, 0.25) is 0 Å². The van der Waals surface area contributed by atoms with Gasteiger partial charge in [-0.1, -0.05) is 72.1 Å². The van der Waals surface area contributed by atoms with Gasteiger partial charge in [-0.25, -0.2) is 0 Å². The molecule has 2 aromatic rings. The Labute approximate surface area is 136 Å². The van der Waals surface area contributed by atoms with Gasteiger partial charge in [-0.05, 0) is 36.5 Å². The number of nitrogens with two attached hydrogens (primary N) is 1. The van der Waals surface area contributed by atoms with Gasteiger partial charge >= 0.3 is 0 Å². The lowest BCUT2D eigenvalue weighted by Crippen LogP contribution is -2.51. The molecule has 3 heteroatoms. The number of rotatable bonds is 4. The molecule has 3 rings (SSSR count). The lowest BCUT2D eigenvalue weighted by Gasteiger charge is -2.47. The largest absolute Gasteiger partial charge is 0.327 e. The van der Waals surface area contributed by atoms with E-state index in [1.807, 2.05) is 18.2 Å². The van der Waals surface area contributed by atoms with Crippen LogP contribution in [0, 0.1) is 0 Å². The monoisotopic (exact) mass is 319 g/mol. The van der Waals surface area contributed by atoms with E-state index in [9.17, 15) is 0 Å². The molecule has 0 amide bonds. The summed E-state index contributed by atoms with van der Waals surface area (Å²) in [7, 11) is 0. The fourth-order valence-electron chi connectivity index (χ4n) is 3.34. The molecule has 0 bridgehead atoms. The topological polar surface area (TPSA) is 26.0 Å². The van der Waals surface area contributed by atoms with Gasteiger partial charge in [0.05, 0.1) is 10.0 Å². The van der Waals surface area contributed by atoms with E-state index in [0.29, 0.717) is 10.0 Å². The summed E-state index contributed by atoms with van der Waals surface area (Å²) in [4.78, 5) is 0. The Bertz CT molecular complexity index is 620. The third-order valence-corrected chi connectivity index (χ3v) is 5.63. The smallest absolute Gasteiger partial charge is 0.0624 e. The summed E-state index contributed by atoms with van der Waals surface area (Å²) < 4.78 is 0. The molecular formula is C18H19Cl2N. The van der Waals surface area contributed by atoms with E-state index in [1.165, 1.54) is 12.0 Å². The second-order valence-electron chi connectivity index (χ2n) is 5.90. The van der Waals surface area contributed by atoms with Crippen LogP contribution in [-0.4, -0.2) is 6.04 Å². The first-order valence-electron chi connectivity index (χ1n) is 7.37. The average Bonchev–Trinajstić information content (AvgIpc) is 2.44. The first-order chi connectivity index (χ1) is 10.1. The van der Waals surface area contributed by atoms with Gasteiger partial charge in [0.1, 0.15) is 0 Å². The molecule has 1 aliphatic carbocycles. The van der Waals surface area contributed by atoms with Gasteiger partial charge in [0.25, 0.3) is 0 Å². The molecule has 110 valence electrons. The van der Waals surface area contributed by atoms with E-state index < -0.39 is 0 Å². The molecule has 1 atom stereocenters. The molecule has 1 unspecified atom stereocenters. The quantitative estimate of drug-likeness (QED) is 0.844. The average molecular weight is 320 g/mol. The first-order valence-corrected chi connectivity index (χ1v) is 8.13. The van der Waals surface area contributed by atoms with Crippen molar-refractivity contribution in [3.05, 3.63) is 69.7 Å². The van der Waals surface area contributed by atoms with Crippen LogP contribution in [0.4, 0.5) is 0 Å². The van der Waals surface area contributed by atoms with Gasteiger partial charge in [0, 0.05) is 11.5 Å². The fraction of sp³-hybridized carbons (Fsp3) is 0.333. The Hall–Kier alpha value is -1.02. The summed E-state index contributed by atoms with van der Waals surface area (Å²) in [5, 5.41) is 1.24. The standard InChI is InChI=1S/C18H19Cl2N/c19-15-9-4-6-13(17(15)20)12-16(21)18(10-5-11-18)14-7-2-1-3-8-14/h1-4,6-9,16H,5,10-12,21H2. The molecule has 0 radical (unpaired) electrons. The number of hydrogen-bond acceptors (Lipinski definition) is 1. The van der Waals surface area contributed by atoms with Crippen LogP contribution in [0.5, 0.6) is 0 Å². The summed E-state index contributed by atoms with van der Waals surface area (Å²) in [6, 6.07) is 16.5. The molecular weight excluding hydrogens is 301 g/mol. The van der Waals surface area contributed by atoms with E-state index in [0.717, 1.165) is 24.8 Å². The van der Waals surface area contributed by atoms with E-state index >= 15 is 0 Å². The van der Waals surface area contributed by atoms with Crippen molar-refractivity contribution in [3.8, 4) is 0 Å². The predicted molar refractivity (Wildman–Crippen MR) is 90.1 cm³/mol. The van der Waals surface area contributed by atoms with Crippen LogP contribution in [0.3, 0.4) is 0 Å². The van der Waals surface area contributed by atoms with Crippen LogP contribution in [0.1, 0.15) is 30.4 Å². The molecule has 0 spiro atoms. The van der Waals surface area contributed by atoms with Crippen LogP contribution in [-0.2, 0) is 11.8 Å². The number of hydrogen-bond donors (Lipinski definition) is 1. The van der Waals surface area contributed by atoms with Crippen LogP contribution in [0.15, 0.2) is 48.5 Å². The fourth-order valence-corrected chi connectivity index (χ4v) is 3.74. The Kier molecular flexibility index (Phi) is 4.26. The van der Waals surface area contributed by atoms with Crippen molar-refractivity contribution in [1.29, 1.82) is 0 Å². The lowest BCUT2D eigenvalue weighted by atomic mass is 9.59. The molecule has 1 aliphatic rings. The van der Waals surface area contributed by atoms with Gasteiger partial charge < -0.3 is 5.73 Å². The summed E-state index contributed by atoms with van der Waals surface area (Å²) in [5.74, 6) is 0. The van der Waals surface area contributed by atoms with Crippen molar-refractivity contribution in [2.45, 2.75) is 37.1 Å². The highest BCUT2D eigenvalue weighted by molar-refractivity contribution is 6.42. The minimum Gasteiger partial charge on any atom is -0.327 e. The Morgan fingerprint density at radius 3 is 2.33 bits per heavy atom. The molecule has 1 saturated carbocycles. The summed E-state index contributed by atoms with van der Waals surface area (Å²) >= 11 is 12.4. The van der Waals surface area contributed by atoms with E-state index in [4.69, 9.17) is 28.9 Å². The van der Waals surface area contributed by atoms with Gasteiger partial charge in [0.15, 0.2) is 0 Å². The van der Waals surface area contributed by atoms with Gasteiger partial charge in [-0.15, -0.1) is 0 Å². The maximum atomic E-state index is 6.60. The molecule has 2 aromatic carbocycles. The third-order valence-electron chi connectivity index (χ3n) is 4.78. The predicted octanol–water partition coefficient (Wildman–Crippen LogP) is 4.99. The second-order valence-corrected chi connectivity index (χ2v) is 6.68. The minimum absolute atomic E-state index is 0.0598. The normalized spacial score (nSPS) is 18.0. The molecule has 2 N–H and O–H groups in total. The molecule has 1 fully saturated rings. The zero-order valence-electron chi connectivity index (χ0n) is 11.9. The van der Waals surface area contributed by atoms with Crippen LogP contribution in [0.25, 0.3) is 0 Å². The molecule has 0 saturated heterocycles. The maximum absolute atomic E-state index is 6.60. The van der Waals surface area contributed by atoms with E-state index in [1.54, 1.807) is 0 Å². The van der Waals surface area contributed by atoms with Crippen molar-refractivity contribution >= 4 is 23.2 Å². The van der Waals surface area contributed by atoms with Gasteiger partial charge in [-0.3, -0.25) is 0 Å². The Morgan fingerprint density at radius 1 is 1.00 bits per heavy atom. The SMILES string of the molecule is NC(Cc1cccc(Cl)c1Cl)C1(c2ccccc2)CCC1. The van der Waals surface area contributed by atoms with Crippen molar-refractivity contribution in [2.75, 3.05) is 0 Å². The van der Waals surface area contributed by atoms with Crippen LogP contribution in [0.2, 0.25) is 10.0 Å². The summed E-state index contributed by atoms with van der Waals surface area (Å²) in [5.41, 5.74) is 9.08. The molecule has 0 aliphatic heterocycles. The molecule has 1 nitrogen and oxygen atoms in total. The van der Waals surface area contributed by atoms with Crippen molar-refractivity contribution in [1.82, 2.24) is 0 Å². The number of benzene rings is 2. The third kappa shape index (κ3) is 2.70. The highest BCUT2D eigenvalue weighted by atomic mass is 35.5. The highest BCUT2D eigenvalue weighted by Crippen LogP contribution is 2.46. The molecule has 0 aromatic heterocycles. The van der Waals surface area contributed by atoms with Crippen LogP contribution >= 0.6 is 23.2 Å². The zero-order chi connectivity index (χ0) is 14.9. The molecule has 21 heavy (non-hydrogen) atoms. The van der Waals surface area contributed by atoms with E-state index in [-0.39, 0.29) is 11.5 Å². The van der Waals surface area contributed by atoms with Crippen LogP contribution < -0.4 is 5.73 Å². The summed E-state index contributed by atoms with van der Waals surface area (Å²) in [6.45, 7) is 0. The van der Waals surface area contributed by atoms with E-state index in [2.05, 4.69) is 30.3 Å². The number of halogens is 2. The van der Waals surface area contributed by atoms with Crippen molar-refractivity contribution in [2.24, 2.45) is 5.73 Å². The summed E-state index contributed by atoms with van der Waals surface area (Å²) in [6.07, 6.45) is 4.30. The minimum atomic E-state index is 0.0598. The lowest BCUT2D eigenvalue weighted by molar-refractivity contribution is 0.194. The Morgan fingerprint density at radius 2 is 1.71 bits per heavy atom. The van der Waals surface area contributed by atoms with Gasteiger partial charge in [-0.2, -0.15) is 0 Å². The highest BCUT2D eigenvalue weighted by Gasteiger charge is 2.43. The van der Waals surface area contributed by atoms with Crippen molar-refractivity contribution in [3.63, 3.8) is 0 Å². The zero-order valence-corrected chi connectivity index (χ0v) is 13.4. The van der Waals surface area contributed by atoms with Crippen molar-refractivity contribution < 1.29 is 0 Å². The maximum Gasteiger partial charge on any atom is 0.0624 e.